The van der Waals surface area contributed by atoms with E-state index in [1.165, 1.54) is 17.7 Å². The molecule has 0 radical (unpaired) electrons. The molecule has 2 heterocycles. The van der Waals surface area contributed by atoms with Gasteiger partial charge in [0.25, 0.3) is 0 Å². The van der Waals surface area contributed by atoms with Gasteiger partial charge in [-0.2, -0.15) is 4.98 Å². The summed E-state index contributed by atoms with van der Waals surface area (Å²) >= 11 is 0. The zero-order valence-corrected chi connectivity index (χ0v) is 13.3. The molecule has 120 valence electrons. The lowest BCUT2D eigenvalue weighted by molar-refractivity contribution is 0.628. The number of rotatable bonds is 3. The van der Waals surface area contributed by atoms with Crippen LogP contribution < -0.4 is 10.2 Å². The number of fused-ring (bicyclic) bond motifs is 1. The number of hydrogen-bond donors (Lipinski definition) is 1. The number of aromatic nitrogens is 2. The standard InChI is InChI=1S/C19H17FN4/c1-13-11-18(22-16-7-4-6-15(20)12-16)23-19(21-13)24-10-9-14-5-2-3-8-17(14)24/h2-8,11-12H,9-10H2,1H3,(H,21,22,23). The zero-order valence-electron chi connectivity index (χ0n) is 13.3. The molecule has 0 bridgehead atoms. The maximum atomic E-state index is 13.4. The highest BCUT2D eigenvalue weighted by atomic mass is 19.1. The predicted molar refractivity (Wildman–Crippen MR) is 93.6 cm³/mol. The van der Waals surface area contributed by atoms with Crippen LogP contribution in [0.2, 0.25) is 0 Å². The van der Waals surface area contributed by atoms with Crippen molar-refractivity contribution in [2.24, 2.45) is 0 Å². The molecule has 1 aromatic heterocycles. The maximum absolute atomic E-state index is 13.4. The molecular formula is C19H17FN4. The second-order valence-electron chi connectivity index (χ2n) is 5.86. The molecule has 0 saturated carbocycles. The van der Waals surface area contributed by atoms with E-state index < -0.39 is 0 Å². The molecule has 2 aromatic carbocycles. The van der Waals surface area contributed by atoms with E-state index in [1.807, 2.05) is 25.1 Å². The van der Waals surface area contributed by atoms with E-state index in [2.05, 4.69) is 38.4 Å². The van der Waals surface area contributed by atoms with Crippen molar-refractivity contribution in [1.29, 1.82) is 0 Å². The number of nitrogens with zero attached hydrogens (tertiary/aromatic N) is 3. The first kappa shape index (κ1) is 14.6. The number of aryl methyl sites for hydroxylation is 1. The minimum Gasteiger partial charge on any atom is -0.340 e. The van der Waals surface area contributed by atoms with Crippen LogP contribution in [0.15, 0.2) is 54.6 Å². The third-order valence-corrected chi connectivity index (χ3v) is 4.07. The Bertz CT molecular complexity index is 894. The SMILES string of the molecule is Cc1cc(Nc2cccc(F)c2)nc(N2CCc3ccccc32)n1. The van der Waals surface area contributed by atoms with Gasteiger partial charge in [-0.1, -0.05) is 24.3 Å². The van der Waals surface area contributed by atoms with E-state index in [1.54, 1.807) is 6.07 Å². The molecule has 0 fully saturated rings. The van der Waals surface area contributed by atoms with Crippen molar-refractivity contribution in [2.75, 3.05) is 16.8 Å². The molecule has 0 saturated heterocycles. The van der Waals surface area contributed by atoms with Crippen LogP contribution in [-0.4, -0.2) is 16.5 Å². The quantitative estimate of drug-likeness (QED) is 0.778. The summed E-state index contributed by atoms with van der Waals surface area (Å²) < 4.78 is 13.4. The minimum absolute atomic E-state index is 0.278. The highest BCUT2D eigenvalue weighted by molar-refractivity contribution is 5.67. The van der Waals surface area contributed by atoms with E-state index in [-0.39, 0.29) is 5.82 Å². The van der Waals surface area contributed by atoms with E-state index in [9.17, 15) is 4.39 Å². The number of nitrogens with one attached hydrogen (secondary N) is 1. The van der Waals surface area contributed by atoms with Crippen LogP contribution in [0, 0.1) is 12.7 Å². The van der Waals surface area contributed by atoms with Crippen molar-refractivity contribution in [2.45, 2.75) is 13.3 Å². The van der Waals surface area contributed by atoms with Crippen LogP contribution >= 0.6 is 0 Å². The molecule has 0 spiro atoms. The molecule has 1 N–H and O–H groups in total. The Balaban J connectivity index is 1.67. The van der Waals surface area contributed by atoms with Gasteiger partial charge in [-0.3, -0.25) is 0 Å². The molecule has 4 nitrogen and oxygen atoms in total. The van der Waals surface area contributed by atoms with Gasteiger partial charge in [0.05, 0.1) is 0 Å². The first-order chi connectivity index (χ1) is 11.7. The normalized spacial score (nSPS) is 13.0. The molecule has 0 amide bonds. The third kappa shape index (κ3) is 2.80. The Morgan fingerprint density at radius 2 is 1.92 bits per heavy atom. The lowest BCUT2D eigenvalue weighted by Crippen LogP contribution is -2.17. The molecule has 0 atom stereocenters. The van der Waals surface area contributed by atoms with Crippen molar-refractivity contribution < 1.29 is 4.39 Å². The van der Waals surface area contributed by atoms with Gasteiger partial charge in [-0.15, -0.1) is 0 Å². The van der Waals surface area contributed by atoms with Crippen molar-refractivity contribution in [3.8, 4) is 0 Å². The molecular weight excluding hydrogens is 303 g/mol. The molecule has 24 heavy (non-hydrogen) atoms. The first-order valence-corrected chi connectivity index (χ1v) is 7.93. The fourth-order valence-corrected chi connectivity index (χ4v) is 3.00. The van der Waals surface area contributed by atoms with E-state index >= 15 is 0 Å². The summed E-state index contributed by atoms with van der Waals surface area (Å²) in [5, 5.41) is 3.16. The summed E-state index contributed by atoms with van der Waals surface area (Å²) in [6.45, 7) is 2.80. The van der Waals surface area contributed by atoms with Crippen LogP contribution in [0.1, 0.15) is 11.3 Å². The van der Waals surface area contributed by atoms with Crippen LogP contribution in [0.4, 0.5) is 27.5 Å². The van der Waals surface area contributed by atoms with Gasteiger partial charge in [0.1, 0.15) is 11.6 Å². The number of para-hydroxylation sites is 1. The fourth-order valence-electron chi connectivity index (χ4n) is 3.00. The van der Waals surface area contributed by atoms with Gasteiger partial charge in [0.2, 0.25) is 5.95 Å². The van der Waals surface area contributed by atoms with Gasteiger partial charge in [0.15, 0.2) is 0 Å². The summed E-state index contributed by atoms with van der Waals surface area (Å²) in [7, 11) is 0. The van der Waals surface area contributed by atoms with Crippen molar-refractivity contribution in [1.82, 2.24) is 9.97 Å². The molecule has 4 rings (SSSR count). The number of halogens is 1. The average Bonchev–Trinajstić information content (AvgIpc) is 2.98. The molecule has 0 unspecified atom stereocenters. The van der Waals surface area contributed by atoms with Gasteiger partial charge in [-0.25, -0.2) is 9.37 Å². The Morgan fingerprint density at radius 1 is 1.04 bits per heavy atom. The molecule has 1 aliphatic heterocycles. The van der Waals surface area contributed by atoms with Crippen LogP contribution in [0.5, 0.6) is 0 Å². The second-order valence-corrected chi connectivity index (χ2v) is 5.86. The highest BCUT2D eigenvalue weighted by Crippen LogP contribution is 2.33. The smallest absolute Gasteiger partial charge is 0.232 e. The summed E-state index contributed by atoms with van der Waals surface area (Å²) in [6.07, 6.45) is 0.986. The molecule has 5 heteroatoms. The van der Waals surface area contributed by atoms with E-state index in [4.69, 9.17) is 0 Å². The van der Waals surface area contributed by atoms with Gasteiger partial charge < -0.3 is 10.2 Å². The third-order valence-electron chi connectivity index (χ3n) is 4.07. The summed E-state index contributed by atoms with van der Waals surface area (Å²) in [5.74, 6) is 1.05. The molecule has 0 aliphatic carbocycles. The van der Waals surface area contributed by atoms with Crippen molar-refractivity contribution in [3.63, 3.8) is 0 Å². The van der Waals surface area contributed by atoms with Crippen molar-refractivity contribution in [3.05, 3.63) is 71.7 Å². The lowest BCUT2D eigenvalue weighted by Gasteiger charge is -2.18. The Labute approximate surface area is 140 Å². The Morgan fingerprint density at radius 3 is 2.79 bits per heavy atom. The largest absolute Gasteiger partial charge is 0.340 e. The van der Waals surface area contributed by atoms with Crippen LogP contribution in [0.25, 0.3) is 0 Å². The summed E-state index contributed by atoms with van der Waals surface area (Å²) in [6, 6.07) is 16.5. The first-order valence-electron chi connectivity index (χ1n) is 7.93. The van der Waals surface area contributed by atoms with Gasteiger partial charge >= 0.3 is 0 Å². The number of benzene rings is 2. The number of anilines is 4. The fraction of sp³-hybridized carbons (Fsp3) is 0.158. The van der Waals surface area contributed by atoms with Gasteiger partial charge in [-0.05, 0) is 43.2 Å². The summed E-state index contributed by atoms with van der Waals surface area (Å²) in [5.41, 5.74) is 3.99. The summed E-state index contributed by atoms with van der Waals surface area (Å²) in [4.78, 5) is 11.3. The average molecular weight is 320 g/mol. The van der Waals surface area contributed by atoms with Crippen LogP contribution in [-0.2, 0) is 6.42 Å². The van der Waals surface area contributed by atoms with Crippen LogP contribution in [0.3, 0.4) is 0 Å². The van der Waals surface area contributed by atoms with Crippen molar-refractivity contribution >= 4 is 23.1 Å². The Kier molecular flexibility index (Phi) is 3.61. The highest BCUT2D eigenvalue weighted by Gasteiger charge is 2.22. The zero-order chi connectivity index (χ0) is 16.5. The lowest BCUT2D eigenvalue weighted by atomic mass is 10.2. The topological polar surface area (TPSA) is 41.1 Å². The molecule has 1 aliphatic rings. The monoisotopic (exact) mass is 320 g/mol. The minimum atomic E-state index is -0.278. The van der Waals surface area contributed by atoms with E-state index in [0.717, 1.165) is 24.3 Å². The Hall–Kier alpha value is -2.95. The van der Waals surface area contributed by atoms with E-state index in [0.29, 0.717) is 17.5 Å². The maximum Gasteiger partial charge on any atom is 0.232 e. The second kappa shape index (κ2) is 5.92. The molecule has 3 aromatic rings. The van der Waals surface area contributed by atoms with Gasteiger partial charge in [0, 0.05) is 29.7 Å². The number of hydrogen-bond acceptors (Lipinski definition) is 4. The predicted octanol–water partition coefficient (Wildman–Crippen LogP) is 4.36.